The summed E-state index contributed by atoms with van der Waals surface area (Å²) in [5.41, 5.74) is 0. The molecule has 1 saturated heterocycles. The number of aromatic nitrogens is 2. The maximum absolute atomic E-state index is 11.9. The van der Waals surface area contributed by atoms with Crippen LogP contribution in [0.25, 0.3) is 0 Å². The topological polar surface area (TPSA) is 75.6 Å². The lowest BCUT2D eigenvalue weighted by atomic mass is 10.2. The molecule has 0 spiro atoms. The Morgan fingerprint density at radius 1 is 1.80 bits per heavy atom. The first-order valence-electron chi connectivity index (χ1n) is 4.60. The summed E-state index contributed by atoms with van der Waals surface area (Å²) in [5.74, 6) is -0.132. The molecule has 6 nitrogen and oxygen atoms in total. The van der Waals surface area contributed by atoms with E-state index in [1.54, 1.807) is 4.90 Å². The monoisotopic (exact) mass is 229 g/mol. The lowest BCUT2D eigenvalue weighted by molar-refractivity contribution is -0.0181. The molecule has 1 aliphatic rings. The molecule has 1 aromatic rings. The van der Waals surface area contributed by atoms with E-state index in [9.17, 15) is 4.79 Å². The van der Waals surface area contributed by atoms with Crippen LogP contribution in [0.4, 0.5) is 0 Å². The van der Waals surface area contributed by atoms with E-state index >= 15 is 0 Å². The summed E-state index contributed by atoms with van der Waals surface area (Å²) < 4.78 is 8.83. The number of carbonyl (C=O) groups is 1. The first-order valence-corrected chi connectivity index (χ1v) is 5.37. The Kier molecular flexibility index (Phi) is 3.24. The molecule has 1 amide bonds. The molecule has 1 fully saturated rings. The summed E-state index contributed by atoms with van der Waals surface area (Å²) >= 11 is 1.06. The first-order chi connectivity index (χ1) is 7.33. The molecule has 82 valence electrons. The van der Waals surface area contributed by atoms with Crippen LogP contribution in [-0.2, 0) is 4.74 Å². The molecule has 1 aliphatic heterocycles. The van der Waals surface area contributed by atoms with Crippen molar-refractivity contribution in [2.45, 2.75) is 6.04 Å². The Morgan fingerprint density at radius 2 is 2.67 bits per heavy atom. The third-order valence-corrected chi connectivity index (χ3v) is 2.92. The molecule has 2 heterocycles. The molecule has 1 aromatic heterocycles. The zero-order valence-corrected chi connectivity index (χ0v) is 8.81. The van der Waals surface area contributed by atoms with Crippen LogP contribution in [0.5, 0.6) is 0 Å². The Morgan fingerprint density at radius 3 is 3.33 bits per heavy atom. The minimum atomic E-state index is -0.256. The number of aliphatic hydroxyl groups excluding tert-OH is 1. The normalized spacial score (nSPS) is 21.7. The highest BCUT2D eigenvalue weighted by Gasteiger charge is 2.28. The van der Waals surface area contributed by atoms with Crippen molar-refractivity contribution in [1.82, 2.24) is 14.5 Å². The Balaban J connectivity index is 2.11. The smallest absolute Gasteiger partial charge is 0.267 e. The van der Waals surface area contributed by atoms with Crippen LogP contribution in [0.15, 0.2) is 6.20 Å². The van der Waals surface area contributed by atoms with Gasteiger partial charge in [0.25, 0.3) is 5.91 Å². The fourth-order valence-electron chi connectivity index (χ4n) is 1.48. The predicted octanol–water partition coefficient (Wildman–Crippen LogP) is -0.629. The van der Waals surface area contributed by atoms with E-state index in [4.69, 9.17) is 9.84 Å². The number of ether oxygens (including phenoxy) is 1. The van der Waals surface area contributed by atoms with Gasteiger partial charge >= 0.3 is 0 Å². The average molecular weight is 229 g/mol. The van der Waals surface area contributed by atoms with Gasteiger partial charge in [0, 0.05) is 6.54 Å². The molecular weight excluding hydrogens is 218 g/mol. The second kappa shape index (κ2) is 4.65. The average Bonchev–Trinajstić information content (AvgIpc) is 2.81. The van der Waals surface area contributed by atoms with E-state index in [0.717, 1.165) is 11.5 Å². The van der Waals surface area contributed by atoms with Gasteiger partial charge in [0.05, 0.1) is 32.1 Å². The largest absolute Gasteiger partial charge is 0.394 e. The Labute approximate surface area is 90.6 Å². The second-order valence-electron chi connectivity index (χ2n) is 3.19. The zero-order valence-electron chi connectivity index (χ0n) is 8.00. The molecule has 2 rings (SSSR count). The summed E-state index contributed by atoms with van der Waals surface area (Å²) in [6, 6.07) is -0.256. The summed E-state index contributed by atoms with van der Waals surface area (Å²) in [7, 11) is 0. The number of carbonyl (C=O) groups excluding carboxylic acids is 1. The highest BCUT2D eigenvalue weighted by atomic mass is 32.1. The summed E-state index contributed by atoms with van der Waals surface area (Å²) in [5, 5.41) is 12.7. The number of hydrogen-bond acceptors (Lipinski definition) is 6. The van der Waals surface area contributed by atoms with Crippen molar-refractivity contribution in [1.29, 1.82) is 0 Å². The van der Waals surface area contributed by atoms with Crippen LogP contribution in [-0.4, -0.2) is 57.9 Å². The number of morpholine rings is 1. The third kappa shape index (κ3) is 2.14. The van der Waals surface area contributed by atoms with E-state index in [1.165, 1.54) is 6.20 Å². The van der Waals surface area contributed by atoms with Gasteiger partial charge in [-0.25, -0.2) is 0 Å². The fraction of sp³-hybridized carbons (Fsp3) is 0.625. The van der Waals surface area contributed by atoms with Crippen LogP contribution in [0, 0.1) is 0 Å². The van der Waals surface area contributed by atoms with Gasteiger partial charge in [0.2, 0.25) is 0 Å². The van der Waals surface area contributed by atoms with Gasteiger partial charge in [-0.3, -0.25) is 4.79 Å². The molecular formula is C8H11N3O3S. The molecule has 15 heavy (non-hydrogen) atoms. The van der Waals surface area contributed by atoms with Gasteiger partial charge in [-0.05, 0) is 11.5 Å². The van der Waals surface area contributed by atoms with Crippen LogP contribution in [0.3, 0.4) is 0 Å². The minimum absolute atomic E-state index is 0.0853. The summed E-state index contributed by atoms with van der Waals surface area (Å²) in [4.78, 5) is 14.0. The number of hydrogen-bond donors (Lipinski definition) is 1. The zero-order chi connectivity index (χ0) is 10.7. The second-order valence-corrected chi connectivity index (χ2v) is 3.98. The number of nitrogens with zero attached hydrogens (tertiary/aromatic N) is 3. The molecule has 0 aliphatic carbocycles. The van der Waals surface area contributed by atoms with Gasteiger partial charge in [0.1, 0.15) is 4.88 Å². The molecule has 0 radical (unpaired) electrons. The maximum atomic E-state index is 11.9. The van der Waals surface area contributed by atoms with Crippen molar-refractivity contribution < 1.29 is 14.6 Å². The van der Waals surface area contributed by atoms with Crippen molar-refractivity contribution in [2.24, 2.45) is 0 Å². The molecule has 0 bridgehead atoms. The molecule has 7 heteroatoms. The highest BCUT2D eigenvalue weighted by molar-refractivity contribution is 7.07. The summed E-state index contributed by atoms with van der Waals surface area (Å²) in [6.07, 6.45) is 1.44. The molecule has 1 N–H and O–H groups in total. The number of amides is 1. The van der Waals surface area contributed by atoms with Gasteiger partial charge in [0.15, 0.2) is 0 Å². The van der Waals surface area contributed by atoms with Crippen LogP contribution in [0.1, 0.15) is 9.67 Å². The number of rotatable bonds is 2. The molecule has 1 atom stereocenters. The Bertz CT molecular complexity index is 330. The van der Waals surface area contributed by atoms with E-state index in [0.29, 0.717) is 24.6 Å². The van der Waals surface area contributed by atoms with Gasteiger partial charge in [-0.2, -0.15) is 0 Å². The quantitative estimate of drug-likeness (QED) is 0.731. The maximum Gasteiger partial charge on any atom is 0.267 e. The molecule has 0 saturated carbocycles. The van der Waals surface area contributed by atoms with Gasteiger partial charge < -0.3 is 14.7 Å². The van der Waals surface area contributed by atoms with Crippen molar-refractivity contribution in [3.8, 4) is 0 Å². The number of aliphatic hydroxyl groups is 1. The summed E-state index contributed by atoms with van der Waals surface area (Å²) in [6.45, 7) is 1.31. The van der Waals surface area contributed by atoms with E-state index in [1.807, 2.05) is 0 Å². The van der Waals surface area contributed by atoms with E-state index < -0.39 is 0 Å². The first kappa shape index (κ1) is 10.5. The highest BCUT2D eigenvalue weighted by Crippen LogP contribution is 2.13. The third-order valence-electron chi connectivity index (χ3n) is 2.27. The minimum Gasteiger partial charge on any atom is -0.394 e. The Hall–Kier alpha value is -1.05. The fourth-order valence-corrected chi connectivity index (χ4v) is 1.95. The standard InChI is InChI=1S/C8H11N3O3S/c12-4-6-5-14-2-1-11(6)8(13)7-3-9-10-15-7/h3,6,12H,1-2,4-5H2. The molecule has 0 aromatic carbocycles. The van der Waals surface area contributed by atoms with Crippen molar-refractivity contribution >= 4 is 17.4 Å². The SMILES string of the molecule is O=C(c1cnns1)N1CCOCC1CO. The lowest BCUT2D eigenvalue weighted by Crippen LogP contribution is -2.50. The van der Waals surface area contributed by atoms with Gasteiger partial charge in [-0.1, -0.05) is 4.49 Å². The van der Waals surface area contributed by atoms with Crippen molar-refractivity contribution in [3.05, 3.63) is 11.1 Å². The van der Waals surface area contributed by atoms with Crippen LogP contribution < -0.4 is 0 Å². The van der Waals surface area contributed by atoms with Crippen molar-refractivity contribution in [3.63, 3.8) is 0 Å². The predicted molar refractivity (Wildman–Crippen MR) is 52.6 cm³/mol. The van der Waals surface area contributed by atoms with E-state index in [-0.39, 0.29) is 18.6 Å². The van der Waals surface area contributed by atoms with E-state index in [2.05, 4.69) is 9.59 Å². The lowest BCUT2D eigenvalue weighted by Gasteiger charge is -2.33. The van der Waals surface area contributed by atoms with Gasteiger partial charge in [-0.15, -0.1) is 5.10 Å². The van der Waals surface area contributed by atoms with Crippen molar-refractivity contribution in [2.75, 3.05) is 26.4 Å². The van der Waals surface area contributed by atoms with Crippen LogP contribution in [0.2, 0.25) is 0 Å². The molecule has 1 unspecified atom stereocenters. The van der Waals surface area contributed by atoms with Crippen LogP contribution >= 0.6 is 11.5 Å².